The first-order valence-electron chi connectivity index (χ1n) is 11.1. The van der Waals surface area contributed by atoms with E-state index in [0.717, 1.165) is 31.9 Å². The van der Waals surface area contributed by atoms with Gasteiger partial charge in [0.1, 0.15) is 0 Å². The van der Waals surface area contributed by atoms with Gasteiger partial charge in [-0.25, -0.2) is 13.1 Å². The van der Waals surface area contributed by atoms with Crippen LogP contribution in [-0.2, 0) is 16.4 Å². The first-order chi connectivity index (χ1) is 16.3. The van der Waals surface area contributed by atoms with Gasteiger partial charge in [0, 0.05) is 27.9 Å². The molecule has 1 aromatic carbocycles. The quantitative estimate of drug-likeness (QED) is 0.341. The molecule has 2 unspecified atom stereocenters. The monoisotopic (exact) mass is 513 g/mol. The zero-order valence-electron chi connectivity index (χ0n) is 18.5. The smallest absolute Gasteiger partial charge is 0.215 e. The second-order valence-corrected chi connectivity index (χ2v) is 12.1. The Morgan fingerprint density at radius 3 is 2.65 bits per heavy atom. The lowest BCUT2D eigenvalue weighted by Gasteiger charge is -2.19. The minimum absolute atomic E-state index is 0.346. The van der Waals surface area contributed by atoms with Crippen molar-refractivity contribution in [2.24, 2.45) is 0 Å². The van der Waals surface area contributed by atoms with Crippen LogP contribution in [0.15, 0.2) is 60.9 Å². The Morgan fingerprint density at radius 2 is 1.91 bits per heavy atom. The third kappa shape index (κ3) is 4.87. The fourth-order valence-corrected chi connectivity index (χ4v) is 7.07. The molecule has 3 heterocycles. The topological polar surface area (TPSA) is 92.2 Å². The molecule has 0 spiro atoms. The summed E-state index contributed by atoms with van der Waals surface area (Å²) in [6.07, 6.45) is 4.92. The summed E-state index contributed by atoms with van der Waals surface area (Å²) in [5.74, 6) is 0. The largest absolute Gasteiger partial charge is 0.393 e. The van der Waals surface area contributed by atoms with E-state index in [2.05, 4.69) is 14.7 Å². The molecule has 4 aromatic rings. The molecule has 0 amide bonds. The van der Waals surface area contributed by atoms with Crippen LogP contribution in [0, 0.1) is 0 Å². The van der Waals surface area contributed by atoms with Crippen LogP contribution in [0.5, 0.6) is 0 Å². The van der Waals surface area contributed by atoms with Gasteiger partial charge >= 0.3 is 0 Å². The first-order valence-corrected chi connectivity index (χ1v) is 13.8. The lowest BCUT2D eigenvalue weighted by Crippen LogP contribution is -2.31. The lowest BCUT2D eigenvalue weighted by atomic mass is 10.1. The van der Waals surface area contributed by atoms with E-state index in [1.165, 1.54) is 11.3 Å². The number of rotatable bonds is 8. The second kappa shape index (κ2) is 9.36. The number of hydrogen-bond acceptors (Lipinski definition) is 6. The van der Waals surface area contributed by atoms with Crippen molar-refractivity contribution in [1.82, 2.24) is 14.7 Å². The van der Waals surface area contributed by atoms with Crippen molar-refractivity contribution in [2.45, 2.75) is 43.6 Å². The Bertz CT molecular complexity index is 1450. The second-order valence-electron chi connectivity index (χ2n) is 8.64. The highest BCUT2D eigenvalue weighted by Crippen LogP contribution is 2.40. The number of aliphatic hydroxyl groups is 1. The van der Waals surface area contributed by atoms with Crippen LogP contribution in [0.1, 0.15) is 41.8 Å². The molecule has 34 heavy (non-hydrogen) atoms. The third-order valence-corrected chi connectivity index (χ3v) is 9.29. The molecule has 1 fully saturated rings. The number of sulfonamides is 1. The number of thiophene rings is 1. The molecular weight excluding hydrogens is 490 g/mol. The minimum atomic E-state index is -3.47. The maximum atomic E-state index is 12.9. The number of pyridine rings is 2. The van der Waals surface area contributed by atoms with E-state index in [4.69, 9.17) is 11.6 Å². The molecule has 1 aliphatic rings. The van der Waals surface area contributed by atoms with E-state index in [9.17, 15) is 13.5 Å². The van der Waals surface area contributed by atoms with Crippen molar-refractivity contribution < 1.29 is 13.5 Å². The molecule has 2 atom stereocenters. The van der Waals surface area contributed by atoms with Crippen LogP contribution in [-0.4, -0.2) is 34.8 Å². The molecule has 2 N–H and O–H groups in total. The molecule has 176 valence electrons. The van der Waals surface area contributed by atoms with Crippen LogP contribution >= 0.6 is 22.9 Å². The molecule has 0 aliphatic heterocycles. The predicted molar refractivity (Wildman–Crippen MR) is 137 cm³/mol. The van der Waals surface area contributed by atoms with Gasteiger partial charge in [0.25, 0.3) is 0 Å². The standard InChI is InChI=1S/C25H24ClN3O3S2/c1-15(30)12-16-8-10-27-21(13-16)19-9-11-28-22-14-23(33-25(19)22)24(18-4-2-3-5-20(18)26)29-34(31,32)17-6-7-17/h2-5,8-11,13-15,17,24,29-30H,6-7,12H2,1H3. The molecule has 6 nitrogen and oxygen atoms in total. The van der Waals surface area contributed by atoms with Crippen LogP contribution in [0.3, 0.4) is 0 Å². The Balaban J connectivity index is 1.60. The third-order valence-electron chi connectivity index (χ3n) is 5.81. The molecule has 5 rings (SSSR count). The van der Waals surface area contributed by atoms with Gasteiger partial charge in [0.05, 0.1) is 33.3 Å². The van der Waals surface area contributed by atoms with E-state index in [1.54, 1.807) is 25.4 Å². The van der Waals surface area contributed by atoms with Crippen LogP contribution in [0.25, 0.3) is 21.5 Å². The highest BCUT2D eigenvalue weighted by atomic mass is 35.5. The summed E-state index contributed by atoms with van der Waals surface area (Å²) < 4.78 is 29.6. The van der Waals surface area contributed by atoms with Gasteiger partial charge in [-0.05, 0) is 67.6 Å². The van der Waals surface area contributed by atoms with Gasteiger partial charge in [-0.1, -0.05) is 29.8 Å². The molecule has 3 aromatic heterocycles. The summed E-state index contributed by atoms with van der Waals surface area (Å²) in [5.41, 5.74) is 4.16. The van der Waals surface area contributed by atoms with Crippen LogP contribution in [0.4, 0.5) is 0 Å². The zero-order chi connectivity index (χ0) is 23.9. The number of nitrogens with zero attached hydrogens (tertiary/aromatic N) is 2. The average Bonchev–Trinajstić information content (AvgIpc) is 3.57. The van der Waals surface area contributed by atoms with Crippen LogP contribution in [0.2, 0.25) is 5.02 Å². The number of halogens is 1. The van der Waals surface area contributed by atoms with Crippen molar-refractivity contribution in [3.05, 3.63) is 82.0 Å². The molecular formula is C25H24ClN3O3S2. The summed E-state index contributed by atoms with van der Waals surface area (Å²) in [7, 11) is -3.47. The van der Waals surface area contributed by atoms with E-state index in [-0.39, 0.29) is 5.25 Å². The van der Waals surface area contributed by atoms with E-state index >= 15 is 0 Å². The van der Waals surface area contributed by atoms with Gasteiger partial charge < -0.3 is 5.11 Å². The van der Waals surface area contributed by atoms with Crippen LogP contribution < -0.4 is 4.72 Å². The van der Waals surface area contributed by atoms with Crippen molar-refractivity contribution in [1.29, 1.82) is 0 Å². The predicted octanol–water partition coefficient (Wildman–Crippen LogP) is 5.11. The van der Waals surface area contributed by atoms with Crippen molar-refractivity contribution in [3.63, 3.8) is 0 Å². The van der Waals surface area contributed by atoms with Gasteiger partial charge in [-0.2, -0.15) is 0 Å². The van der Waals surface area contributed by atoms with E-state index in [0.29, 0.717) is 29.8 Å². The maximum Gasteiger partial charge on any atom is 0.215 e. The number of fused-ring (bicyclic) bond motifs is 1. The number of benzene rings is 1. The number of hydrogen-bond donors (Lipinski definition) is 2. The summed E-state index contributed by atoms with van der Waals surface area (Å²) in [5, 5.41) is 9.93. The number of nitrogens with one attached hydrogen (secondary N) is 1. The first kappa shape index (κ1) is 23.4. The normalized spacial score (nSPS) is 16.0. The van der Waals surface area contributed by atoms with Crippen molar-refractivity contribution in [3.8, 4) is 11.3 Å². The Hall–Kier alpha value is -2.36. The fourth-order valence-electron chi connectivity index (χ4n) is 4.01. The van der Waals surface area contributed by atoms with Gasteiger partial charge in [-0.3, -0.25) is 9.97 Å². The average molecular weight is 514 g/mol. The van der Waals surface area contributed by atoms with E-state index in [1.807, 2.05) is 42.5 Å². The lowest BCUT2D eigenvalue weighted by molar-refractivity contribution is 0.195. The zero-order valence-corrected chi connectivity index (χ0v) is 20.9. The summed E-state index contributed by atoms with van der Waals surface area (Å²) in [4.78, 5) is 9.90. The Kier molecular flexibility index (Phi) is 6.43. The molecule has 0 saturated heterocycles. The SMILES string of the molecule is CC(O)Cc1ccnc(-c2ccnc3cc(C(NS(=O)(=O)C4CC4)c4ccccc4Cl)sc23)c1. The van der Waals surface area contributed by atoms with Crippen molar-refractivity contribution >= 4 is 43.2 Å². The molecule has 9 heteroatoms. The van der Waals surface area contributed by atoms with Gasteiger partial charge in [0.15, 0.2) is 0 Å². The molecule has 0 radical (unpaired) electrons. The Labute approximate surface area is 207 Å². The minimum Gasteiger partial charge on any atom is -0.393 e. The van der Waals surface area contributed by atoms with Gasteiger partial charge in [-0.15, -0.1) is 11.3 Å². The number of aliphatic hydroxyl groups excluding tert-OH is 1. The molecule has 0 bridgehead atoms. The molecule has 1 aliphatic carbocycles. The number of aromatic nitrogens is 2. The van der Waals surface area contributed by atoms with Crippen molar-refractivity contribution in [2.75, 3.05) is 0 Å². The fraction of sp³-hybridized carbons (Fsp3) is 0.280. The van der Waals surface area contributed by atoms with E-state index < -0.39 is 22.2 Å². The van der Waals surface area contributed by atoms with Gasteiger partial charge in [0.2, 0.25) is 10.0 Å². The summed E-state index contributed by atoms with van der Waals surface area (Å²) in [6, 6.07) is 14.4. The summed E-state index contributed by atoms with van der Waals surface area (Å²) in [6.45, 7) is 1.76. The maximum absolute atomic E-state index is 12.9. The highest BCUT2D eigenvalue weighted by Gasteiger charge is 2.38. The highest BCUT2D eigenvalue weighted by molar-refractivity contribution is 7.90. The molecule has 1 saturated carbocycles. The summed E-state index contributed by atoms with van der Waals surface area (Å²) >= 11 is 7.99. The Morgan fingerprint density at radius 1 is 1.15 bits per heavy atom.